The van der Waals surface area contributed by atoms with Crippen LogP contribution in [0, 0.1) is 6.92 Å². The normalized spacial score (nSPS) is 15.6. The number of hydrogen-bond acceptors (Lipinski definition) is 3. The number of anilines is 1. The Morgan fingerprint density at radius 3 is 2.56 bits per heavy atom. The smallest absolute Gasteiger partial charge is 0.247 e. The molecule has 172 valence electrons. The molecule has 1 atom stereocenters. The molecule has 1 fully saturated rings. The van der Waals surface area contributed by atoms with Gasteiger partial charge in [-0.1, -0.05) is 54.6 Å². The Balaban J connectivity index is 1.27. The van der Waals surface area contributed by atoms with Crippen molar-refractivity contribution in [2.45, 2.75) is 38.6 Å². The fourth-order valence-corrected chi connectivity index (χ4v) is 4.75. The predicted molar refractivity (Wildman–Crippen MR) is 134 cm³/mol. The number of likely N-dealkylation sites (tertiary alicyclic amines) is 1. The molecule has 0 unspecified atom stereocenters. The third kappa shape index (κ3) is 4.44. The summed E-state index contributed by atoms with van der Waals surface area (Å²) in [5.74, 6) is 0.655. The lowest BCUT2D eigenvalue weighted by Gasteiger charge is -2.24. The van der Waals surface area contributed by atoms with Gasteiger partial charge < -0.3 is 15.2 Å². The summed E-state index contributed by atoms with van der Waals surface area (Å²) in [5.41, 5.74) is 5.85. The Bertz CT molecular complexity index is 1310. The van der Waals surface area contributed by atoms with Crippen molar-refractivity contribution in [3.05, 3.63) is 84.2 Å². The molecule has 2 amide bonds. The van der Waals surface area contributed by atoms with Gasteiger partial charge >= 0.3 is 0 Å². The molecule has 0 aliphatic carbocycles. The number of nitrogens with one attached hydrogen (secondary N) is 2. The van der Waals surface area contributed by atoms with Gasteiger partial charge in [0.2, 0.25) is 11.8 Å². The molecule has 2 N–H and O–H groups in total. The number of benzene rings is 3. The quantitative estimate of drug-likeness (QED) is 0.427. The standard InChI is InChI=1S/C28H28N4O2/c1-19-9-2-3-10-20(19)21-11-4-5-12-22(21)31-28(34)25-15-8-18-32(25)27(33)17-16-26-29-23-13-6-7-14-24(23)30-26/h2-7,9-14,25H,8,15-18H2,1H3,(H,29,30)(H,31,34)/t25-/m0/s1. The Labute approximate surface area is 199 Å². The fraction of sp³-hybridized carbons (Fsp3) is 0.250. The molecule has 0 spiro atoms. The topological polar surface area (TPSA) is 78.1 Å². The second-order valence-corrected chi connectivity index (χ2v) is 8.80. The highest BCUT2D eigenvalue weighted by molar-refractivity contribution is 6.00. The van der Waals surface area contributed by atoms with E-state index >= 15 is 0 Å². The van der Waals surface area contributed by atoms with Crippen molar-refractivity contribution >= 4 is 28.5 Å². The zero-order chi connectivity index (χ0) is 23.5. The Kier molecular flexibility index (Phi) is 6.12. The first-order valence-electron chi connectivity index (χ1n) is 11.8. The van der Waals surface area contributed by atoms with E-state index in [0.29, 0.717) is 25.8 Å². The highest BCUT2D eigenvalue weighted by Crippen LogP contribution is 2.31. The molecule has 1 saturated heterocycles. The molecule has 34 heavy (non-hydrogen) atoms. The third-order valence-corrected chi connectivity index (χ3v) is 6.51. The molecule has 6 heteroatoms. The number of fused-ring (bicyclic) bond motifs is 1. The number of aromatic amines is 1. The molecule has 4 aromatic rings. The largest absolute Gasteiger partial charge is 0.342 e. The molecule has 2 heterocycles. The maximum atomic E-state index is 13.3. The number of aromatic nitrogens is 2. The second-order valence-electron chi connectivity index (χ2n) is 8.80. The maximum absolute atomic E-state index is 13.3. The van der Waals surface area contributed by atoms with E-state index in [1.54, 1.807) is 4.90 Å². The molecule has 5 rings (SSSR count). The maximum Gasteiger partial charge on any atom is 0.247 e. The summed E-state index contributed by atoms with van der Waals surface area (Å²) < 4.78 is 0. The summed E-state index contributed by atoms with van der Waals surface area (Å²) >= 11 is 0. The van der Waals surface area contributed by atoms with Crippen molar-refractivity contribution in [3.63, 3.8) is 0 Å². The minimum atomic E-state index is -0.451. The van der Waals surface area contributed by atoms with Gasteiger partial charge in [-0.15, -0.1) is 0 Å². The first kappa shape index (κ1) is 21.9. The molecular formula is C28H28N4O2. The van der Waals surface area contributed by atoms with Crippen LogP contribution in [-0.2, 0) is 16.0 Å². The van der Waals surface area contributed by atoms with E-state index in [-0.39, 0.29) is 11.8 Å². The molecule has 6 nitrogen and oxygen atoms in total. The van der Waals surface area contributed by atoms with Crippen LogP contribution in [0.25, 0.3) is 22.2 Å². The number of amides is 2. The van der Waals surface area contributed by atoms with Crippen molar-refractivity contribution in [1.29, 1.82) is 0 Å². The van der Waals surface area contributed by atoms with Crippen molar-refractivity contribution in [2.75, 3.05) is 11.9 Å². The molecule has 3 aromatic carbocycles. The number of aryl methyl sites for hydroxylation is 2. The van der Waals surface area contributed by atoms with Crippen LogP contribution in [0.15, 0.2) is 72.8 Å². The van der Waals surface area contributed by atoms with E-state index in [4.69, 9.17) is 0 Å². The van der Waals surface area contributed by atoms with E-state index in [0.717, 1.165) is 45.7 Å². The van der Waals surface area contributed by atoms with Gasteiger partial charge in [0.1, 0.15) is 11.9 Å². The van der Waals surface area contributed by atoms with E-state index in [1.165, 1.54) is 0 Å². The van der Waals surface area contributed by atoms with Crippen molar-refractivity contribution in [3.8, 4) is 11.1 Å². The van der Waals surface area contributed by atoms with Crippen LogP contribution in [-0.4, -0.2) is 39.3 Å². The summed E-state index contributed by atoms with van der Waals surface area (Å²) in [7, 11) is 0. The average Bonchev–Trinajstić information content (AvgIpc) is 3.50. The van der Waals surface area contributed by atoms with Crippen LogP contribution >= 0.6 is 0 Å². The SMILES string of the molecule is Cc1ccccc1-c1ccccc1NC(=O)[C@@H]1CCCN1C(=O)CCc1nc2ccccc2[nH]1. The Morgan fingerprint density at radius 1 is 1.00 bits per heavy atom. The number of carbonyl (C=O) groups is 2. The van der Waals surface area contributed by atoms with Crippen LogP contribution < -0.4 is 5.32 Å². The summed E-state index contributed by atoms with van der Waals surface area (Å²) in [5, 5.41) is 3.10. The third-order valence-electron chi connectivity index (χ3n) is 6.51. The van der Waals surface area contributed by atoms with E-state index in [2.05, 4.69) is 34.3 Å². The second kappa shape index (κ2) is 9.51. The van der Waals surface area contributed by atoms with Gasteiger partial charge in [-0.25, -0.2) is 4.98 Å². The number of rotatable bonds is 6. The number of carbonyl (C=O) groups excluding carboxylic acids is 2. The van der Waals surface area contributed by atoms with Crippen LogP contribution in [0.1, 0.15) is 30.7 Å². The summed E-state index contributed by atoms with van der Waals surface area (Å²) in [4.78, 5) is 35.9. The number of para-hydroxylation sites is 3. The van der Waals surface area contributed by atoms with E-state index in [1.807, 2.05) is 60.7 Å². The molecular weight excluding hydrogens is 424 g/mol. The summed E-state index contributed by atoms with van der Waals surface area (Å²) in [6, 6.07) is 23.3. The van der Waals surface area contributed by atoms with Crippen LogP contribution in [0.2, 0.25) is 0 Å². The minimum absolute atomic E-state index is 0.00899. The van der Waals surface area contributed by atoms with Gasteiger partial charge in [0.05, 0.1) is 11.0 Å². The zero-order valence-corrected chi connectivity index (χ0v) is 19.3. The molecule has 0 saturated carbocycles. The van der Waals surface area contributed by atoms with Crippen molar-refractivity contribution < 1.29 is 9.59 Å². The first-order chi connectivity index (χ1) is 16.6. The Morgan fingerprint density at radius 2 is 1.74 bits per heavy atom. The molecule has 0 radical (unpaired) electrons. The first-order valence-corrected chi connectivity index (χ1v) is 11.8. The van der Waals surface area contributed by atoms with Gasteiger partial charge in [0, 0.05) is 30.6 Å². The van der Waals surface area contributed by atoms with Gasteiger partial charge in [-0.05, 0) is 49.1 Å². The summed E-state index contributed by atoms with van der Waals surface area (Å²) in [6.45, 7) is 2.67. The summed E-state index contributed by atoms with van der Waals surface area (Å²) in [6.07, 6.45) is 2.35. The number of imidazole rings is 1. The van der Waals surface area contributed by atoms with Crippen molar-refractivity contribution in [1.82, 2.24) is 14.9 Å². The zero-order valence-electron chi connectivity index (χ0n) is 19.3. The van der Waals surface area contributed by atoms with Gasteiger partial charge in [0.15, 0.2) is 0 Å². The predicted octanol–water partition coefficient (Wildman–Crippen LogP) is 5.10. The molecule has 1 aromatic heterocycles. The average molecular weight is 453 g/mol. The van der Waals surface area contributed by atoms with Crippen LogP contribution in [0.5, 0.6) is 0 Å². The van der Waals surface area contributed by atoms with Crippen LogP contribution in [0.4, 0.5) is 5.69 Å². The van der Waals surface area contributed by atoms with Gasteiger partial charge in [-0.3, -0.25) is 9.59 Å². The fourth-order valence-electron chi connectivity index (χ4n) is 4.75. The lowest BCUT2D eigenvalue weighted by Crippen LogP contribution is -2.43. The van der Waals surface area contributed by atoms with Crippen LogP contribution in [0.3, 0.4) is 0 Å². The number of H-pyrrole nitrogens is 1. The van der Waals surface area contributed by atoms with E-state index < -0.39 is 6.04 Å². The van der Waals surface area contributed by atoms with E-state index in [9.17, 15) is 9.59 Å². The van der Waals surface area contributed by atoms with Crippen molar-refractivity contribution in [2.24, 2.45) is 0 Å². The molecule has 0 bridgehead atoms. The van der Waals surface area contributed by atoms with Gasteiger partial charge in [-0.2, -0.15) is 0 Å². The molecule has 1 aliphatic heterocycles. The lowest BCUT2D eigenvalue weighted by molar-refractivity contribution is -0.136. The highest BCUT2D eigenvalue weighted by atomic mass is 16.2. The number of nitrogens with zero attached hydrogens (tertiary/aromatic N) is 2. The number of hydrogen-bond donors (Lipinski definition) is 2. The highest BCUT2D eigenvalue weighted by Gasteiger charge is 2.34. The monoisotopic (exact) mass is 452 g/mol. The lowest BCUT2D eigenvalue weighted by atomic mass is 9.99. The molecule has 1 aliphatic rings. The Hall–Kier alpha value is -3.93. The minimum Gasteiger partial charge on any atom is -0.342 e. The van der Waals surface area contributed by atoms with Gasteiger partial charge in [0.25, 0.3) is 0 Å².